The Hall–Kier alpha value is -3.71. The van der Waals surface area contributed by atoms with Crippen molar-refractivity contribution in [1.29, 1.82) is 0 Å². The van der Waals surface area contributed by atoms with Crippen LogP contribution in [0.1, 0.15) is 18.1 Å². The van der Waals surface area contributed by atoms with Crippen molar-refractivity contribution in [1.82, 2.24) is 4.90 Å². The van der Waals surface area contributed by atoms with E-state index in [1.165, 1.54) is 0 Å². The number of benzene rings is 3. The number of nitrogens with zero attached hydrogens (tertiary/aromatic N) is 3. The van der Waals surface area contributed by atoms with E-state index in [1.54, 1.807) is 26.4 Å². The smallest absolute Gasteiger partial charge is 0.293 e. The number of para-hydroxylation sites is 2. The van der Waals surface area contributed by atoms with Crippen molar-refractivity contribution >= 4 is 34.7 Å². The third kappa shape index (κ3) is 3.44. The number of ether oxygens (including phenoxy) is 2. The zero-order valence-electron chi connectivity index (χ0n) is 19.2. The third-order valence-corrected chi connectivity index (χ3v) is 6.77. The minimum absolute atomic E-state index is 0.318. The molecule has 2 aliphatic rings. The molecular formula is C26H25ClN4O3. The summed E-state index contributed by atoms with van der Waals surface area (Å²) in [5.41, 5.74) is 2.80. The molecule has 1 amide bonds. The first-order chi connectivity index (χ1) is 16.5. The molecule has 3 aromatic rings. The van der Waals surface area contributed by atoms with Crippen LogP contribution in [0.5, 0.6) is 11.5 Å². The number of rotatable bonds is 5. The molecule has 174 valence electrons. The molecule has 0 radical (unpaired) electrons. The topological polar surface area (TPSA) is 66.4 Å². The van der Waals surface area contributed by atoms with Crippen LogP contribution in [0.25, 0.3) is 0 Å². The van der Waals surface area contributed by atoms with Crippen LogP contribution >= 0.6 is 11.6 Å². The van der Waals surface area contributed by atoms with Gasteiger partial charge in [0.2, 0.25) is 5.84 Å². The number of fused-ring (bicyclic) bond motifs is 3. The Labute approximate surface area is 203 Å². The van der Waals surface area contributed by atoms with Gasteiger partial charge in [0.1, 0.15) is 0 Å². The van der Waals surface area contributed by atoms with E-state index in [-0.39, 0.29) is 5.91 Å². The summed E-state index contributed by atoms with van der Waals surface area (Å²) in [5, 5.41) is 10.1. The summed E-state index contributed by atoms with van der Waals surface area (Å²) in [6, 6.07) is 21.0. The monoisotopic (exact) mass is 476 g/mol. The third-order valence-electron chi connectivity index (χ3n) is 6.44. The SMILES string of the molecule is COc1cc2c(cc1OC)C1(C)N(CC2)C(C(=O)Nc2ccccc2Cl)=NN1c1ccccc1. The Morgan fingerprint density at radius 3 is 2.41 bits per heavy atom. The predicted octanol–water partition coefficient (Wildman–Crippen LogP) is 4.86. The molecule has 1 unspecified atom stereocenters. The Bertz CT molecular complexity index is 1280. The summed E-state index contributed by atoms with van der Waals surface area (Å²) in [4.78, 5) is 15.5. The van der Waals surface area contributed by atoms with Crippen LogP contribution < -0.4 is 19.8 Å². The van der Waals surface area contributed by atoms with E-state index in [0.29, 0.717) is 34.6 Å². The van der Waals surface area contributed by atoms with Gasteiger partial charge in [0, 0.05) is 12.1 Å². The molecule has 7 nitrogen and oxygen atoms in total. The second-order valence-electron chi connectivity index (χ2n) is 8.29. The number of carbonyl (C=O) groups excluding carboxylic acids is 1. The number of methoxy groups -OCH3 is 2. The number of carbonyl (C=O) groups is 1. The molecule has 0 spiro atoms. The average molecular weight is 477 g/mol. The molecule has 0 bridgehead atoms. The molecule has 0 fully saturated rings. The fourth-order valence-electron chi connectivity index (χ4n) is 4.74. The van der Waals surface area contributed by atoms with Gasteiger partial charge in [-0.3, -0.25) is 4.79 Å². The highest BCUT2D eigenvalue weighted by Gasteiger charge is 2.52. The van der Waals surface area contributed by atoms with Gasteiger partial charge in [0.05, 0.1) is 30.6 Å². The van der Waals surface area contributed by atoms with Gasteiger partial charge < -0.3 is 19.7 Å². The van der Waals surface area contributed by atoms with Crippen molar-refractivity contribution in [2.45, 2.75) is 19.0 Å². The van der Waals surface area contributed by atoms with Gasteiger partial charge in [0.15, 0.2) is 17.2 Å². The van der Waals surface area contributed by atoms with Crippen molar-refractivity contribution in [3.05, 3.63) is 82.9 Å². The van der Waals surface area contributed by atoms with E-state index in [2.05, 4.69) is 12.2 Å². The van der Waals surface area contributed by atoms with Gasteiger partial charge in [0.25, 0.3) is 5.91 Å². The predicted molar refractivity (Wildman–Crippen MR) is 134 cm³/mol. The minimum Gasteiger partial charge on any atom is -0.493 e. The number of amides is 1. The second kappa shape index (κ2) is 8.57. The van der Waals surface area contributed by atoms with Crippen LogP contribution in [0.15, 0.2) is 71.8 Å². The summed E-state index contributed by atoms with van der Waals surface area (Å²) in [5.74, 6) is 1.32. The zero-order chi connectivity index (χ0) is 23.9. The number of hydrogen-bond donors (Lipinski definition) is 1. The number of halogens is 1. The summed E-state index contributed by atoms with van der Waals surface area (Å²) >= 11 is 6.29. The van der Waals surface area contributed by atoms with Gasteiger partial charge in [-0.05, 0) is 55.3 Å². The molecule has 0 saturated heterocycles. The van der Waals surface area contributed by atoms with E-state index in [4.69, 9.17) is 26.2 Å². The molecular weight excluding hydrogens is 452 g/mol. The molecule has 3 aromatic carbocycles. The largest absolute Gasteiger partial charge is 0.493 e. The van der Waals surface area contributed by atoms with Gasteiger partial charge >= 0.3 is 0 Å². The van der Waals surface area contributed by atoms with Gasteiger partial charge in [-0.15, -0.1) is 5.10 Å². The Morgan fingerprint density at radius 2 is 1.71 bits per heavy atom. The lowest BCUT2D eigenvalue weighted by Crippen LogP contribution is -2.56. The Morgan fingerprint density at radius 1 is 1.03 bits per heavy atom. The first kappa shape index (κ1) is 22.1. The average Bonchev–Trinajstić information content (AvgIpc) is 3.18. The van der Waals surface area contributed by atoms with Crippen molar-refractivity contribution in [2.75, 3.05) is 31.1 Å². The first-order valence-electron chi connectivity index (χ1n) is 11.0. The van der Waals surface area contributed by atoms with Crippen molar-refractivity contribution in [2.24, 2.45) is 5.10 Å². The standard InChI is InChI=1S/C26H25ClN4O3/c1-26-19-16-23(34-3)22(33-2)15-17(19)13-14-30(26)24(29-31(26)18-9-5-4-6-10-18)25(32)28-21-12-8-7-11-20(21)27/h4-12,15-16H,13-14H2,1-3H3,(H,28,32). The highest BCUT2D eigenvalue weighted by atomic mass is 35.5. The molecule has 5 rings (SSSR count). The first-order valence-corrected chi connectivity index (χ1v) is 11.4. The van der Waals surface area contributed by atoms with Gasteiger partial charge in [-0.25, -0.2) is 5.01 Å². The number of anilines is 2. The molecule has 2 aliphatic heterocycles. The summed E-state index contributed by atoms with van der Waals surface area (Å²) in [6.45, 7) is 2.68. The molecule has 8 heteroatoms. The van der Waals surface area contributed by atoms with Crippen LogP contribution in [0.3, 0.4) is 0 Å². The van der Waals surface area contributed by atoms with Crippen LogP contribution in [-0.2, 0) is 16.9 Å². The van der Waals surface area contributed by atoms with Crippen molar-refractivity contribution in [3.63, 3.8) is 0 Å². The molecule has 1 atom stereocenters. The quantitative estimate of drug-likeness (QED) is 0.569. The van der Waals surface area contributed by atoms with Crippen LogP contribution in [0.2, 0.25) is 5.02 Å². The maximum Gasteiger partial charge on any atom is 0.293 e. The number of hydrogen-bond acceptors (Lipinski definition) is 6. The van der Waals surface area contributed by atoms with Gasteiger partial charge in [-0.2, -0.15) is 0 Å². The molecule has 0 aliphatic carbocycles. The van der Waals surface area contributed by atoms with E-state index in [1.807, 2.05) is 64.5 Å². The van der Waals surface area contributed by atoms with Gasteiger partial charge in [-0.1, -0.05) is 41.9 Å². The Kier molecular flexibility index (Phi) is 5.57. The zero-order valence-corrected chi connectivity index (χ0v) is 20.0. The highest BCUT2D eigenvalue weighted by molar-refractivity contribution is 6.44. The van der Waals surface area contributed by atoms with Crippen LogP contribution in [0, 0.1) is 0 Å². The van der Waals surface area contributed by atoms with Crippen molar-refractivity contribution < 1.29 is 14.3 Å². The summed E-state index contributed by atoms with van der Waals surface area (Å²) in [6.07, 6.45) is 0.728. The lowest BCUT2D eigenvalue weighted by atomic mass is 9.87. The maximum absolute atomic E-state index is 13.5. The van der Waals surface area contributed by atoms with E-state index >= 15 is 0 Å². The number of amidine groups is 1. The highest BCUT2D eigenvalue weighted by Crippen LogP contribution is 2.47. The fraction of sp³-hybridized carbons (Fsp3) is 0.231. The molecule has 2 heterocycles. The van der Waals surface area contributed by atoms with Crippen molar-refractivity contribution in [3.8, 4) is 11.5 Å². The lowest BCUT2D eigenvalue weighted by Gasteiger charge is -2.46. The summed E-state index contributed by atoms with van der Waals surface area (Å²) < 4.78 is 11.1. The van der Waals surface area contributed by atoms with Crippen LogP contribution in [0.4, 0.5) is 11.4 Å². The molecule has 0 saturated carbocycles. The molecule has 34 heavy (non-hydrogen) atoms. The molecule has 0 aromatic heterocycles. The van der Waals surface area contributed by atoms with Crippen LogP contribution in [-0.4, -0.2) is 37.4 Å². The lowest BCUT2D eigenvalue weighted by molar-refractivity contribution is -0.111. The second-order valence-corrected chi connectivity index (χ2v) is 8.70. The number of hydrazone groups is 1. The number of nitrogens with one attached hydrogen (secondary N) is 1. The normalized spacial score (nSPS) is 18.6. The molecule has 1 N–H and O–H groups in total. The minimum atomic E-state index is -0.748. The van der Waals surface area contributed by atoms with E-state index in [0.717, 1.165) is 23.2 Å². The maximum atomic E-state index is 13.5. The van der Waals surface area contributed by atoms with E-state index < -0.39 is 5.66 Å². The summed E-state index contributed by atoms with van der Waals surface area (Å²) in [7, 11) is 3.25. The Balaban J connectivity index is 1.62. The fourth-order valence-corrected chi connectivity index (χ4v) is 4.92. The van der Waals surface area contributed by atoms with E-state index in [9.17, 15) is 4.79 Å².